The lowest BCUT2D eigenvalue weighted by molar-refractivity contribution is -0.284. The summed E-state index contributed by atoms with van der Waals surface area (Å²) in [5.41, 5.74) is -7.27. The van der Waals surface area contributed by atoms with Crippen molar-refractivity contribution in [3.05, 3.63) is 70.3 Å². The van der Waals surface area contributed by atoms with Gasteiger partial charge < -0.3 is 110 Å². The van der Waals surface area contributed by atoms with Crippen molar-refractivity contribution in [1.29, 1.82) is 0 Å². The summed E-state index contributed by atoms with van der Waals surface area (Å²) >= 11 is 0. The molecule has 1 saturated heterocycles. The minimum atomic E-state index is -2.54. The van der Waals surface area contributed by atoms with E-state index in [1.807, 2.05) is 0 Å². The second kappa shape index (κ2) is 17.1. The zero-order valence-corrected chi connectivity index (χ0v) is 33.3. The zero-order chi connectivity index (χ0) is 50.0. The molecule has 2 aliphatic rings. The molecule has 2 heterocycles. The number of aromatic carboxylic acids is 1. The number of carboxylic acid groups (broad SMARTS) is 1. The average molecular weight is 955 g/mol. The molecule has 0 aromatic heterocycles. The molecule has 5 aromatic rings. The number of carbonyl (C=O) groups excluding carboxylic acids is 4. The van der Waals surface area contributed by atoms with Crippen LogP contribution in [0.4, 0.5) is 0 Å². The molecule has 27 heteroatoms. The molecule has 0 bridgehead atoms. The van der Waals surface area contributed by atoms with Gasteiger partial charge in [-0.1, -0.05) is 0 Å². The van der Waals surface area contributed by atoms with Crippen LogP contribution in [0.3, 0.4) is 0 Å². The van der Waals surface area contributed by atoms with Crippen molar-refractivity contribution in [2.75, 3.05) is 6.61 Å². The monoisotopic (exact) mass is 954 g/mol. The number of aromatic hydroxyl groups is 14. The van der Waals surface area contributed by atoms with Crippen LogP contribution in [-0.2, 0) is 23.7 Å². The number of cyclic esters (lactones) is 1. The first-order valence-electron chi connectivity index (χ1n) is 18.6. The van der Waals surface area contributed by atoms with Gasteiger partial charge in [-0.25, -0.2) is 24.0 Å². The number of hydrogen-bond donors (Lipinski definition) is 16. The number of phenols is 14. The molecule has 68 heavy (non-hydrogen) atoms. The molecule has 0 amide bonds. The van der Waals surface area contributed by atoms with Crippen LogP contribution in [-0.4, -0.2) is 149 Å². The largest absolute Gasteiger partial charge is 0.504 e. The molecular formula is C41H30O27. The highest BCUT2D eigenvalue weighted by molar-refractivity contribution is 6.08. The fourth-order valence-electron chi connectivity index (χ4n) is 6.87. The summed E-state index contributed by atoms with van der Waals surface area (Å²) in [6, 6.07) is 3.39. The number of aliphatic hydroxyl groups is 1. The number of fused-ring (bicyclic) bond motifs is 4. The van der Waals surface area contributed by atoms with Crippen LogP contribution in [0.25, 0.3) is 11.1 Å². The number of benzene rings is 5. The Bertz CT molecular complexity index is 2950. The Morgan fingerprint density at radius 1 is 0.529 bits per heavy atom. The van der Waals surface area contributed by atoms with E-state index in [-0.39, 0.29) is 0 Å². The van der Waals surface area contributed by atoms with Crippen molar-refractivity contribution < 1.29 is 134 Å². The van der Waals surface area contributed by atoms with E-state index in [0.29, 0.717) is 42.5 Å². The number of rotatable bonds is 7. The summed E-state index contributed by atoms with van der Waals surface area (Å²) in [7, 11) is 0. The van der Waals surface area contributed by atoms with Crippen LogP contribution >= 0.6 is 0 Å². The first-order chi connectivity index (χ1) is 31.9. The fraction of sp³-hybridized carbons (Fsp3) is 0.146. The average Bonchev–Trinajstić information content (AvgIpc) is 3.29. The lowest BCUT2D eigenvalue weighted by Gasteiger charge is -2.42. The van der Waals surface area contributed by atoms with Gasteiger partial charge >= 0.3 is 29.8 Å². The second-order valence-electron chi connectivity index (χ2n) is 14.4. The van der Waals surface area contributed by atoms with Gasteiger partial charge in [0, 0.05) is 23.3 Å². The van der Waals surface area contributed by atoms with Crippen LogP contribution < -0.4 is 4.74 Å². The van der Waals surface area contributed by atoms with E-state index in [0.717, 1.165) is 0 Å². The molecule has 27 nitrogen and oxygen atoms in total. The van der Waals surface area contributed by atoms with Gasteiger partial charge in [-0.15, -0.1) is 0 Å². The molecule has 0 spiro atoms. The third-order valence-electron chi connectivity index (χ3n) is 10.2. The highest BCUT2D eigenvalue weighted by Gasteiger charge is 2.53. The summed E-state index contributed by atoms with van der Waals surface area (Å²) in [5, 5.41) is 167. The van der Waals surface area contributed by atoms with E-state index in [2.05, 4.69) is 0 Å². The van der Waals surface area contributed by atoms with Crippen molar-refractivity contribution in [1.82, 2.24) is 0 Å². The molecular weight excluding hydrogens is 924 g/mol. The molecule has 2 aliphatic heterocycles. The van der Waals surface area contributed by atoms with Crippen molar-refractivity contribution in [2.45, 2.75) is 30.7 Å². The first-order valence-corrected chi connectivity index (χ1v) is 18.6. The molecule has 5 atom stereocenters. The van der Waals surface area contributed by atoms with Crippen molar-refractivity contribution in [3.63, 3.8) is 0 Å². The predicted molar refractivity (Wildman–Crippen MR) is 210 cm³/mol. The molecule has 0 aliphatic carbocycles. The van der Waals surface area contributed by atoms with Gasteiger partial charge in [-0.05, 0) is 30.3 Å². The highest BCUT2D eigenvalue weighted by Crippen LogP contribution is 2.55. The standard InChI is InChI=1S/C41H30O27/c42-14-1-9(2-15(43)24(14)48)37(58)67-34-33-21(65-41(62)35(34)68-38(59)10-3-16(44)25(49)17(45)4-10)8-63-39(60)11-5-18(46)26(50)29(53)22(11)23-12(40(61)66-33)7-20(28(52)30(23)54)64-32-13(36(56)57)6-19(47)27(51)31(32)55/h1-7,21,33-35,41-55,62H,8H2,(H,56,57)/t21-,33-,34+,35-,41?/m1/s1. The number of phenolic OH excluding ortho intramolecular Hbond substituents is 14. The van der Waals surface area contributed by atoms with Gasteiger partial charge in [0.05, 0.1) is 22.3 Å². The summed E-state index contributed by atoms with van der Waals surface area (Å²) in [6.45, 7) is -1.21. The number of esters is 4. The van der Waals surface area contributed by atoms with Gasteiger partial charge in [-0.3, -0.25) is 0 Å². The minimum absolute atomic E-state index is 0.369. The van der Waals surface area contributed by atoms with Gasteiger partial charge in [-0.2, -0.15) is 0 Å². The summed E-state index contributed by atoms with van der Waals surface area (Å²) in [4.78, 5) is 67.8. The number of aliphatic hydroxyl groups excluding tert-OH is 1. The van der Waals surface area contributed by atoms with Crippen LogP contribution in [0.15, 0.2) is 42.5 Å². The molecule has 7 rings (SSSR count). The molecule has 0 radical (unpaired) electrons. The smallest absolute Gasteiger partial charge is 0.339 e. The Morgan fingerprint density at radius 3 is 1.51 bits per heavy atom. The minimum Gasteiger partial charge on any atom is -0.504 e. The normalized spacial score (nSPS) is 18.9. The van der Waals surface area contributed by atoms with Crippen LogP contribution in [0.2, 0.25) is 0 Å². The first kappa shape index (κ1) is 46.4. The maximum Gasteiger partial charge on any atom is 0.339 e. The Labute approximate surface area is 374 Å². The van der Waals surface area contributed by atoms with Gasteiger partial charge in [0.1, 0.15) is 18.3 Å². The summed E-state index contributed by atoms with van der Waals surface area (Å²) < 4.78 is 32.6. The molecule has 356 valence electrons. The Hall–Kier alpha value is -9.63. The molecule has 16 N–H and O–H groups in total. The Kier molecular flexibility index (Phi) is 11.6. The number of ether oxygens (including phenoxy) is 6. The maximum absolute atomic E-state index is 14.7. The fourth-order valence-corrected chi connectivity index (χ4v) is 6.87. The van der Waals surface area contributed by atoms with E-state index in [1.54, 1.807) is 0 Å². The van der Waals surface area contributed by atoms with Crippen molar-refractivity contribution in [2.24, 2.45) is 0 Å². The molecule has 1 fully saturated rings. The zero-order valence-electron chi connectivity index (χ0n) is 33.3. The van der Waals surface area contributed by atoms with Gasteiger partial charge in [0.15, 0.2) is 93.6 Å². The highest BCUT2D eigenvalue weighted by atomic mass is 16.7. The lowest BCUT2D eigenvalue weighted by atomic mass is 9.91. The quantitative estimate of drug-likeness (QED) is 0.0625. The van der Waals surface area contributed by atoms with E-state index in [9.17, 15) is 106 Å². The number of hydrogen-bond acceptors (Lipinski definition) is 26. The third-order valence-corrected chi connectivity index (χ3v) is 10.2. The van der Waals surface area contributed by atoms with Crippen molar-refractivity contribution in [3.8, 4) is 103 Å². The topological polar surface area (TPSA) is 464 Å². The van der Waals surface area contributed by atoms with Crippen LogP contribution in [0.5, 0.6) is 92.0 Å². The summed E-state index contributed by atoms with van der Waals surface area (Å²) in [6.07, 6.45) is -12.0. The molecule has 1 unspecified atom stereocenters. The summed E-state index contributed by atoms with van der Waals surface area (Å²) in [5.74, 6) is -29.2. The van der Waals surface area contributed by atoms with Crippen LogP contribution in [0, 0.1) is 0 Å². The van der Waals surface area contributed by atoms with E-state index >= 15 is 0 Å². The lowest BCUT2D eigenvalue weighted by Crippen LogP contribution is -2.62. The van der Waals surface area contributed by atoms with Crippen molar-refractivity contribution >= 4 is 29.8 Å². The SMILES string of the molecule is O=C(O[C@H]1[C@@H]2OC(=O)c3cc(Oc4c(C(=O)O)cc(O)c(O)c4O)c(O)c(O)c3-c3c(cc(O)c(O)c3O)C(=O)OC[C@H]2OC(O)[C@@H]1OC(=O)c1cc(O)c(O)c(O)c1)c1cc(O)c(O)c(O)c1. The number of carboxylic acids is 1. The van der Waals surface area contributed by atoms with E-state index in [1.165, 1.54) is 0 Å². The number of carbonyl (C=O) groups is 5. The van der Waals surface area contributed by atoms with Crippen LogP contribution in [0.1, 0.15) is 51.8 Å². The van der Waals surface area contributed by atoms with E-state index < -0.39 is 198 Å². The Morgan fingerprint density at radius 2 is 0.985 bits per heavy atom. The maximum atomic E-state index is 14.7. The Balaban J connectivity index is 1.44. The van der Waals surface area contributed by atoms with Gasteiger partial charge in [0.25, 0.3) is 0 Å². The second-order valence-corrected chi connectivity index (χ2v) is 14.4. The molecule has 0 saturated carbocycles. The van der Waals surface area contributed by atoms with Gasteiger partial charge in [0.2, 0.25) is 23.0 Å². The predicted octanol–water partition coefficient (Wildman–Crippen LogP) is 1.59. The van der Waals surface area contributed by atoms with E-state index in [4.69, 9.17) is 28.4 Å². The molecule has 5 aromatic carbocycles. The third kappa shape index (κ3) is 7.96.